The molecule has 5 nitrogen and oxygen atoms in total. The number of nitrogens with zero attached hydrogens (tertiary/aromatic N) is 4. The number of pyridine rings is 1. The van der Waals surface area contributed by atoms with Crippen molar-refractivity contribution in [2.24, 2.45) is 0 Å². The van der Waals surface area contributed by atoms with Crippen molar-refractivity contribution < 1.29 is 25.8 Å². The van der Waals surface area contributed by atoms with Crippen LogP contribution in [-0.4, -0.2) is 15.6 Å². The van der Waals surface area contributed by atoms with E-state index in [9.17, 15) is 0 Å². The van der Waals surface area contributed by atoms with Gasteiger partial charge >= 0.3 is 27.1 Å². The molecule has 0 saturated heterocycles. The first-order valence-electron chi connectivity index (χ1n) is 32.7. The Hall–Kier alpha value is -11.3. The second-order valence-corrected chi connectivity index (χ2v) is 26.1. The maximum Gasteiger partial charge on any atom is 2.00 e. The van der Waals surface area contributed by atoms with Crippen LogP contribution < -0.4 is 13.9 Å². The number of hydrogen-bond acceptors (Lipinski definition) is 2. The van der Waals surface area contributed by atoms with Crippen molar-refractivity contribution >= 4 is 50.6 Å². The third kappa shape index (κ3) is 8.99. The number of rotatable bonds is 11. The molecule has 2 aliphatic carbocycles. The summed E-state index contributed by atoms with van der Waals surface area (Å²) in [5.41, 5.74) is 24.7. The predicted molar refractivity (Wildman–Crippen MR) is 388 cm³/mol. The van der Waals surface area contributed by atoms with Gasteiger partial charge < -0.3 is 9.30 Å². The summed E-state index contributed by atoms with van der Waals surface area (Å²) in [7, 11) is 0. The molecule has 3 heterocycles. The van der Waals surface area contributed by atoms with Gasteiger partial charge in [-0.3, -0.25) is 0 Å². The molecule has 0 atom stereocenters. The molecule has 0 radical (unpaired) electrons. The third-order valence-corrected chi connectivity index (χ3v) is 20.0. The molecule has 456 valence electrons. The summed E-state index contributed by atoms with van der Waals surface area (Å²) >= 11 is 0. The minimum atomic E-state index is -0.606. The fourth-order valence-corrected chi connectivity index (χ4v) is 15.8. The van der Waals surface area contributed by atoms with Crippen LogP contribution in [0.2, 0.25) is 0 Å². The molecule has 0 fully saturated rings. The van der Waals surface area contributed by atoms with Gasteiger partial charge in [-0.1, -0.05) is 274 Å². The van der Waals surface area contributed by atoms with Gasteiger partial charge in [0.25, 0.3) is 11.4 Å². The minimum absolute atomic E-state index is 0. The van der Waals surface area contributed by atoms with Crippen LogP contribution in [-0.2, 0) is 37.3 Å². The molecule has 15 aromatic rings. The summed E-state index contributed by atoms with van der Waals surface area (Å²) in [6.45, 7) is 6.70. The standard InChI is InChI=1S/C90H62N4O.Pt/c1-88(2,3)64-52-53-91-86(56-64)94-82-47-19-14-40-76(82)77-51-50-69(58-85(77)94)95-68-35-24-34-67(57-68)92-59-93(84-49-21-20-48-83(84)92)87-70(60-26-22-32-65(54-60)89(62-28-6-4-7-29-62)78-43-15-10-36-72(78)73-37-11-16-44-79(73)89)41-25-42-71(87)61-27-23-33-66(55-61)90(63-30-8-5-9-31-63)80-45-17-12-38-74(80)75-39-13-18-46-81(75)90;/h4-56H,1-3H3;/q;+2. The number of fused-ring (bicyclic) bond motifs is 10. The van der Waals surface area contributed by atoms with Gasteiger partial charge in [0.1, 0.15) is 11.5 Å². The Balaban J connectivity index is 0.00000697. The maximum absolute atomic E-state index is 6.87. The van der Waals surface area contributed by atoms with Crippen molar-refractivity contribution in [2.75, 3.05) is 0 Å². The van der Waals surface area contributed by atoms with E-state index in [4.69, 9.17) is 9.72 Å². The molecule has 0 unspecified atom stereocenters. The monoisotopic (exact) mass is 1410 g/mol. The van der Waals surface area contributed by atoms with E-state index in [1.54, 1.807) is 0 Å². The molecule has 6 heteroatoms. The number of benzene rings is 13. The molecule has 1 aliphatic heterocycles. The van der Waals surface area contributed by atoms with Crippen LogP contribution in [0.5, 0.6) is 11.5 Å². The van der Waals surface area contributed by atoms with Gasteiger partial charge in [0.05, 0.1) is 22.0 Å². The minimum Gasteiger partial charge on any atom is -0.509 e. The normalized spacial score (nSPS) is 13.6. The van der Waals surface area contributed by atoms with E-state index in [0.29, 0.717) is 11.5 Å². The van der Waals surface area contributed by atoms with E-state index >= 15 is 0 Å². The van der Waals surface area contributed by atoms with Gasteiger partial charge in [-0.2, -0.15) is 12.1 Å². The van der Waals surface area contributed by atoms with Crippen molar-refractivity contribution in [1.29, 1.82) is 0 Å². The van der Waals surface area contributed by atoms with E-state index in [0.717, 1.165) is 72.6 Å². The Morgan fingerprint density at radius 3 is 1.42 bits per heavy atom. The van der Waals surface area contributed by atoms with Gasteiger partial charge in [0.15, 0.2) is 0 Å². The summed E-state index contributed by atoms with van der Waals surface area (Å²) in [5.74, 6) is 1.95. The molecule has 3 aliphatic rings. The van der Waals surface area contributed by atoms with Crippen LogP contribution >= 0.6 is 0 Å². The molecule has 0 bridgehead atoms. The Kier molecular flexibility index (Phi) is 14.0. The SMILES string of the molecule is CC(C)(C)c1ccnc(-n2c3[c-]c(Oc4[c-]c([N+]5=C=[N+](c6c(-c7cccc(C8(c9ccccc9)c9ccccc9-c9ccccc98)c7)cccc6-c6cccc(C7(c8ccccc8)c8ccccc8-c8ccccc87)c6)c6ccccc65)ccc4)ccc3c3ccccc32)c1.[Pt+2]. The van der Waals surface area contributed by atoms with E-state index in [-0.39, 0.29) is 26.5 Å². The molecule has 0 spiro atoms. The molecule has 0 amide bonds. The quantitative estimate of drug-likeness (QED) is 0.0955. The summed E-state index contributed by atoms with van der Waals surface area (Å²) in [6.07, 6.45) is 1.91. The Bertz CT molecular complexity index is 5400. The summed E-state index contributed by atoms with van der Waals surface area (Å²) < 4.78 is 13.5. The first-order chi connectivity index (χ1) is 46.7. The van der Waals surface area contributed by atoms with E-state index in [1.165, 1.54) is 72.3 Å². The number of para-hydroxylation sites is 4. The van der Waals surface area contributed by atoms with Gasteiger partial charge in [-0.05, 0) is 141 Å². The zero-order valence-electron chi connectivity index (χ0n) is 53.1. The average Bonchev–Trinajstić information content (AvgIpc) is 1.53. The fourth-order valence-electron chi connectivity index (χ4n) is 15.8. The van der Waals surface area contributed by atoms with Crippen molar-refractivity contribution in [2.45, 2.75) is 37.0 Å². The molecule has 18 rings (SSSR count). The fraction of sp³-hybridized carbons (Fsp3) is 0.0667. The first kappa shape index (κ1) is 58.5. The smallest absolute Gasteiger partial charge is 0.509 e. The largest absolute Gasteiger partial charge is 2.00 e. The van der Waals surface area contributed by atoms with Crippen molar-refractivity contribution in [3.63, 3.8) is 0 Å². The van der Waals surface area contributed by atoms with Crippen LogP contribution in [0.25, 0.3) is 72.1 Å². The van der Waals surface area contributed by atoms with E-state index in [1.807, 2.05) is 24.4 Å². The van der Waals surface area contributed by atoms with Gasteiger partial charge in [0, 0.05) is 35.3 Å². The zero-order chi connectivity index (χ0) is 63.4. The summed E-state index contributed by atoms with van der Waals surface area (Å²) in [5, 5.41) is 2.19. The molecule has 2 aromatic heterocycles. The molecule has 96 heavy (non-hydrogen) atoms. The molecular formula is C90H62N4OPt+2. The van der Waals surface area contributed by atoms with Crippen LogP contribution in [0.4, 0.5) is 22.7 Å². The Morgan fingerprint density at radius 1 is 0.396 bits per heavy atom. The first-order valence-corrected chi connectivity index (χ1v) is 32.7. The Morgan fingerprint density at radius 2 is 0.854 bits per heavy atom. The number of aromatic nitrogens is 2. The second-order valence-electron chi connectivity index (χ2n) is 26.1. The van der Waals surface area contributed by atoms with Crippen LogP contribution in [0, 0.1) is 12.1 Å². The summed E-state index contributed by atoms with van der Waals surface area (Å²) in [6, 6.07) is 127. The van der Waals surface area contributed by atoms with Gasteiger partial charge in [-0.25, -0.2) is 4.98 Å². The number of ether oxygens (including phenoxy) is 1. The molecular weight excluding hydrogens is 1350 g/mol. The van der Waals surface area contributed by atoms with Crippen molar-refractivity contribution in [3.8, 4) is 61.8 Å². The number of hydrogen-bond donors (Lipinski definition) is 0. The predicted octanol–water partition coefficient (Wildman–Crippen LogP) is 21.8. The molecule has 13 aromatic carbocycles. The average molecular weight is 1410 g/mol. The molecule has 0 saturated carbocycles. The van der Waals surface area contributed by atoms with Crippen LogP contribution in [0.3, 0.4) is 0 Å². The second kappa shape index (κ2) is 23.0. The van der Waals surface area contributed by atoms with Crippen molar-refractivity contribution in [3.05, 3.63) is 384 Å². The Labute approximate surface area is 573 Å². The van der Waals surface area contributed by atoms with Gasteiger partial charge in [0.2, 0.25) is 5.69 Å². The van der Waals surface area contributed by atoms with Gasteiger partial charge in [-0.15, -0.1) is 23.6 Å². The van der Waals surface area contributed by atoms with E-state index < -0.39 is 10.8 Å². The summed E-state index contributed by atoms with van der Waals surface area (Å²) in [4.78, 5) is 4.93. The maximum atomic E-state index is 6.87. The molecule has 0 N–H and O–H groups in total. The topological polar surface area (TPSA) is 33.1 Å². The third-order valence-electron chi connectivity index (χ3n) is 20.0. The van der Waals surface area contributed by atoms with Crippen LogP contribution in [0.15, 0.2) is 322 Å². The van der Waals surface area contributed by atoms with E-state index in [2.05, 4.69) is 350 Å². The zero-order valence-corrected chi connectivity index (χ0v) is 55.4. The van der Waals surface area contributed by atoms with Crippen molar-refractivity contribution in [1.82, 2.24) is 18.7 Å². The van der Waals surface area contributed by atoms with Crippen LogP contribution in [0.1, 0.15) is 70.8 Å².